The smallest absolute Gasteiger partial charge is 0.0726 e. The number of nitrogens with one attached hydrogen (secondary N) is 1. The van der Waals surface area contributed by atoms with Gasteiger partial charge in [0, 0.05) is 6.54 Å². The molecule has 0 bridgehead atoms. The van der Waals surface area contributed by atoms with Crippen LogP contribution in [0.2, 0.25) is 0 Å². The van der Waals surface area contributed by atoms with Crippen molar-refractivity contribution in [2.45, 2.75) is 51.6 Å². The summed E-state index contributed by atoms with van der Waals surface area (Å²) in [5, 5.41) is 8.14. The van der Waals surface area contributed by atoms with Crippen LogP contribution in [0.15, 0.2) is 10.7 Å². The van der Waals surface area contributed by atoms with Crippen molar-refractivity contribution in [3.8, 4) is 0 Å². The van der Waals surface area contributed by atoms with E-state index in [9.17, 15) is 0 Å². The molecule has 1 unspecified atom stereocenters. The lowest BCUT2D eigenvalue weighted by Crippen LogP contribution is -2.38. The molecule has 0 aromatic carbocycles. The zero-order valence-corrected chi connectivity index (χ0v) is 11.7. The minimum Gasteiger partial charge on any atom is -0.306 e. The molecule has 1 aromatic heterocycles. The maximum Gasteiger partial charge on any atom is 0.0726 e. The van der Waals surface area contributed by atoms with E-state index in [1.165, 1.54) is 18.5 Å². The molecular formula is C12H20BrN3. The first-order valence-electron chi connectivity index (χ1n) is 6.20. The van der Waals surface area contributed by atoms with E-state index in [1.807, 2.05) is 6.20 Å². The lowest BCUT2D eigenvalue weighted by molar-refractivity contribution is 0.338. The monoisotopic (exact) mass is 285 g/mol. The van der Waals surface area contributed by atoms with Crippen LogP contribution in [0.1, 0.15) is 45.2 Å². The first-order valence-corrected chi connectivity index (χ1v) is 6.99. The van der Waals surface area contributed by atoms with Crippen LogP contribution < -0.4 is 5.32 Å². The molecule has 1 aliphatic heterocycles. The first kappa shape index (κ1) is 12.1. The number of aromatic nitrogens is 2. The number of aryl methyl sites for hydroxylation is 1. The topological polar surface area (TPSA) is 29.9 Å². The van der Waals surface area contributed by atoms with Crippen LogP contribution in [-0.4, -0.2) is 16.3 Å². The first-order chi connectivity index (χ1) is 7.73. The number of nitrogens with zero attached hydrogens (tertiary/aromatic N) is 2. The van der Waals surface area contributed by atoms with Crippen molar-refractivity contribution in [3.05, 3.63) is 16.4 Å². The van der Waals surface area contributed by atoms with Gasteiger partial charge in [-0.05, 0) is 48.2 Å². The van der Waals surface area contributed by atoms with Crippen molar-refractivity contribution in [1.82, 2.24) is 15.1 Å². The van der Waals surface area contributed by atoms with Gasteiger partial charge in [0.2, 0.25) is 0 Å². The van der Waals surface area contributed by atoms with E-state index < -0.39 is 0 Å². The fraction of sp³-hybridized carbons (Fsp3) is 0.750. The maximum absolute atomic E-state index is 4.47. The van der Waals surface area contributed by atoms with E-state index in [4.69, 9.17) is 0 Å². The maximum atomic E-state index is 4.47. The summed E-state index contributed by atoms with van der Waals surface area (Å²) in [5.41, 5.74) is 1.49. The van der Waals surface area contributed by atoms with Gasteiger partial charge in [-0.15, -0.1) is 0 Å². The van der Waals surface area contributed by atoms with Crippen molar-refractivity contribution >= 4 is 15.9 Å². The van der Waals surface area contributed by atoms with E-state index >= 15 is 0 Å². The highest BCUT2D eigenvalue weighted by Crippen LogP contribution is 2.37. The van der Waals surface area contributed by atoms with Crippen LogP contribution in [0.4, 0.5) is 0 Å². The van der Waals surface area contributed by atoms with Gasteiger partial charge in [0.1, 0.15) is 0 Å². The minimum atomic E-state index is 0.143. The second-order valence-corrected chi connectivity index (χ2v) is 5.38. The van der Waals surface area contributed by atoms with Crippen molar-refractivity contribution in [2.24, 2.45) is 0 Å². The summed E-state index contributed by atoms with van der Waals surface area (Å²) < 4.78 is 3.31. The summed E-state index contributed by atoms with van der Waals surface area (Å²) >= 11 is 3.65. The molecule has 4 heteroatoms. The Morgan fingerprint density at radius 2 is 2.38 bits per heavy atom. The number of hydrogen-bond acceptors (Lipinski definition) is 2. The van der Waals surface area contributed by atoms with Crippen molar-refractivity contribution < 1.29 is 0 Å². The predicted molar refractivity (Wildman–Crippen MR) is 69.4 cm³/mol. The fourth-order valence-corrected chi connectivity index (χ4v) is 3.37. The molecular weight excluding hydrogens is 266 g/mol. The second kappa shape index (κ2) is 4.88. The van der Waals surface area contributed by atoms with Crippen molar-refractivity contribution in [2.75, 3.05) is 6.54 Å². The Morgan fingerprint density at radius 3 is 2.94 bits per heavy atom. The Labute approximate surface area is 106 Å². The molecule has 1 atom stereocenters. The molecule has 1 saturated heterocycles. The highest BCUT2D eigenvalue weighted by Gasteiger charge is 2.37. The van der Waals surface area contributed by atoms with Gasteiger partial charge in [-0.1, -0.05) is 13.8 Å². The van der Waals surface area contributed by atoms with E-state index in [0.29, 0.717) is 0 Å². The molecule has 0 saturated carbocycles. The molecule has 3 nitrogen and oxygen atoms in total. The van der Waals surface area contributed by atoms with Crippen LogP contribution >= 0.6 is 15.9 Å². The molecule has 16 heavy (non-hydrogen) atoms. The number of hydrogen-bond donors (Lipinski definition) is 1. The van der Waals surface area contributed by atoms with E-state index in [2.05, 4.69) is 44.9 Å². The van der Waals surface area contributed by atoms with Crippen LogP contribution in [-0.2, 0) is 12.1 Å². The zero-order valence-electron chi connectivity index (χ0n) is 10.1. The molecule has 0 aliphatic carbocycles. The van der Waals surface area contributed by atoms with Crippen LogP contribution in [0, 0.1) is 0 Å². The highest BCUT2D eigenvalue weighted by atomic mass is 79.9. The van der Waals surface area contributed by atoms with Crippen LogP contribution in [0.25, 0.3) is 0 Å². The summed E-state index contributed by atoms with van der Waals surface area (Å²) in [7, 11) is 0. The van der Waals surface area contributed by atoms with E-state index in [0.717, 1.165) is 30.4 Å². The Hall–Kier alpha value is -0.350. The lowest BCUT2D eigenvalue weighted by atomic mass is 9.90. The molecule has 2 rings (SSSR count). The summed E-state index contributed by atoms with van der Waals surface area (Å²) in [5.74, 6) is 0. The fourth-order valence-electron chi connectivity index (χ4n) is 2.70. The Morgan fingerprint density at radius 1 is 1.56 bits per heavy atom. The highest BCUT2D eigenvalue weighted by molar-refractivity contribution is 9.10. The molecule has 0 radical (unpaired) electrons. The number of rotatable bonds is 4. The van der Waals surface area contributed by atoms with Gasteiger partial charge >= 0.3 is 0 Å². The SMILES string of the molecule is CCCn1ncc(Br)c1C1(CC)CCCN1. The van der Waals surface area contributed by atoms with Crippen LogP contribution in [0.5, 0.6) is 0 Å². The largest absolute Gasteiger partial charge is 0.306 e. The van der Waals surface area contributed by atoms with Gasteiger partial charge in [0.25, 0.3) is 0 Å². The average molecular weight is 286 g/mol. The number of halogens is 1. The quantitative estimate of drug-likeness (QED) is 0.922. The third-order valence-electron chi connectivity index (χ3n) is 3.53. The molecule has 1 fully saturated rings. The molecule has 1 aliphatic rings. The standard InChI is InChI=1S/C12H20BrN3/c1-3-8-16-11(10(13)9-15-16)12(4-2)6-5-7-14-12/h9,14H,3-8H2,1-2H3. The van der Waals surface area contributed by atoms with E-state index in [1.54, 1.807) is 0 Å². The van der Waals surface area contributed by atoms with Crippen LogP contribution in [0.3, 0.4) is 0 Å². The van der Waals surface area contributed by atoms with Gasteiger partial charge in [-0.2, -0.15) is 5.10 Å². The van der Waals surface area contributed by atoms with Gasteiger partial charge in [0.15, 0.2) is 0 Å². The molecule has 0 amide bonds. The lowest BCUT2D eigenvalue weighted by Gasteiger charge is -2.29. The molecule has 2 heterocycles. The van der Waals surface area contributed by atoms with Gasteiger partial charge in [-0.25, -0.2) is 0 Å². The third-order valence-corrected chi connectivity index (χ3v) is 4.11. The van der Waals surface area contributed by atoms with Gasteiger partial charge in [0.05, 0.1) is 21.9 Å². The molecule has 1 aromatic rings. The molecule has 0 spiro atoms. The average Bonchev–Trinajstić information content (AvgIpc) is 2.87. The van der Waals surface area contributed by atoms with Gasteiger partial charge < -0.3 is 5.32 Å². The second-order valence-electron chi connectivity index (χ2n) is 4.53. The third kappa shape index (κ3) is 1.93. The Kier molecular flexibility index (Phi) is 3.70. The van der Waals surface area contributed by atoms with Gasteiger partial charge in [-0.3, -0.25) is 4.68 Å². The predicted octanol–water partition coefficient (Wildman–Crippen LogP) is 3.04. The summed E-state index contributed by atoms with van der Waals surface area (Å²) in [6.45, 7) is 6.58. The summed E-state index contributed by atoms with van der Waals surface area (Å²) in [6.07, 6.45) is 6.67. The normalized spacial score (nSPS) is 25.2. The van der Waals surface area contributed by atoms with E-state index in [-0.39, 0.29) is 5.54 Å². The zero-order chi connectivity index (χ0) is 11.6. The summed E-state index contributed by atoms with van der Waals surface area (Å²) in [4.78, 5) is 0. The summed E-state index contributed by atoms with van der Waals surface area (Å²) in [6, 6.07) is 0. The van der Waals surface area contributed by atoms with Crippen molar-refractivity contribution in [1.29, 1.82) is 0 Å². The minimum absolute atomic E-state index is 0.143. The Bertz CT molecular complexity index is 353. The molecule has 1 N–H and O–H groups in total. The Balaban J connectivity index is 2.40. The van der Waals surface area contributed by atoms with Crippen molar-refractivity contribution in [3.63, 3.8) is 0 Å². The molecule has 90 valence electrons.